The lowest BCUT2D eigenvalue weighted by Crippen LogP contribution is -2.12. The predicted octanol–water partition coefficient (Wildman–Crippen LogP) is 2.89. The molecule has 3 N–H and O–H groups in total. The van der Waals surface area contributed by atoms with Crippen molar-refractivity contribution in [1.29, 1.82) is 0 Å². The van der Waals surface area contributed by atoms with Crippen molar-refractivity contribution in [2.75, 3.05) is 5.32 Å². The molecule has 0 fully saturated rings. The highest BCUT2D eigenvalue weighted by atomic mass is 32.1. The Morgan fingerprint density at radius 1 is 1.21 bits per heavy atom. The summed E-state index contributed by atoms with van der Waals surface area (Å²) in [6.45, 7) is 2.92. The summed E-state index contributed by atoms with van der Waals surface area (Å²) < 4.78 is 0. The number of nitrogens with zero attached hydrogens (tertiary/aromatic N) is 1. The van der Waals surface area contributed by atoms with E-state index in [1.165, 1.54) is 11.1 Å². The van der Waals surface area contributed by atoms with Crippen LogP contribution < -0.4 is 11.1 Å². The molecule has 4 heteroatoms. The molecule has 0 radical (unpaired) electrons. The second-order valence-electron chi connectivity index (χ2n) is 4.32. The minimum absolute atomic E-state index is 0.316. The summed E-state index contributed by atoms with van der Waals surface area (Å²) >= 11 is 4.91. The molecule has 2 aromatic rings. The van der Waals surface area contributed by atoms with E-state index in [2.05, 4.69) is 41.5 Å². The van der Waals surface area contributed by atoms with Crippen molar-refractivity contribution in [2.24, 2.45) is 5.73 Å². The Morgan fingerprint density at radius 3 is 2.53 bits per heavy atom. The predicted molar refractivity (Wildman–Crippen MR) is 83.3 cm³/mol. The maximum atomic E-state index is 5.56. The lowest BCUT2D eigenvalue weighted by atomic mass is 10.1. The zero-order valence-electron chi connectivity index (χ0n) is 10.9. The highest BCUT2D eigenvalue weighted by molar-refractivity contribution is 7.80. The molecule has 0 bridgehead atoms. The molecule has 98 valence electrons. The van der Waals surface area contributed by atoms with Crippen LogP contribution in [0, 0.1) is 0 Å². The van der Waals surface area contributed by atoms with E-state index in [0.717, 1.165) is 18.7 Å². The third-order valence-corrected chi connectivity index (χ3v) is 3.15. The van der Waals surface area contributed by atoms with Gasteiger partial charge in [0.1, 0.15) is 4.99 Å². The normalized spacial score (nSPS) is 10.2. The minimum atomic E-state index is 0.316. The van der Waals surface area contributed by atoms with Crippen LogP contribution in [0.5, 0.6) is 0 Å². The molecule has 1 aromatic carbocycles. The van der Waals surface area contributed by atoms with Crippen molar-refractivity contribution in [3.63, 3.8) is 0 Å². The van der Waals surface area contributed by atoms with Gasteiger partial charge in [0, 0.05) is 18.4 Å². The average Bonchev–Trinajstić information content (AvgIpc) is 2.46. The van der Waals surface area contributed by atoms with E-state index in [1.54, 1.807) is 6.20 Å². The molecule has 3 nitrogen and oxygen atoms in total. The third-order valence-electron chi connectivity index (χ3n) is 2.94. The van der Waals surface area contributed by atoms with E-state index >= 15 is 0 Å². The standard InChI is InChI=1S/C15H17N3S/c1-2-11-3-5-12(6-4-11)10-18-13-7-8-17-14(9-13)15(16)19/h3-9H,2,10H2,1H3,(H2,16,19)(H,17,18). The molecule has 1 heterocycles. The third kappa shape index (κ3) is 3.76. The number of hydrogen-bond donors (Lipinski definition) is 2. The Labute approximate surface area is 118 Å². The van der Waals surface area contributed by atoms with Crippen LogP contribution in [-0.4, -0.2) is 9.97 Å². The van der Waals surface area contributed by atoms with E-state index < -0.39 is 0 Å². The van der Waals surface area contributed by atoms with Crippen molar-refractivity contribution in [1.82, 2.24) is 4.98 Å². The number of rotatable bonds is 5. The van der Waals surface area contributed by atoms with E-state index in [1.807, 2.05) is 12.1 Å². The molecule has 0 aliphatic heterocycles. The highest BCUT2D eigenvalue weighted by Crippen LogP contribution is 2.11. The monoisotopic (exact) mass is 271 g/mol. The van der Waals surface area contributed by atoms with Gasteiger partial charge in [-0.15, -0.1) is 0 Å². The van der Waals surface area contributed by atoms with Gasteiger partial charge < -0.3 is 11.1 Å². The summed E-state index contributed by atoms with van der Waals surface area (Å²) in [5.41, 5.74) is 9.76. The number of pyridine rings is 1. The fraction of sp³-hybridized carbons (Fsp3) is 0.200. The van der Waals surface area contributed by atoms with Crippen LogP contribution in [-0.2, 0) is 13.0 Å². The molecule has 2 rings (SSSR count). The molecule has 1 aromatic heterocycles. The van der Waals surface area contributed by atoms with Crippen LogP contribution in [0.1, 0.15) is 23.7 Å². The minimum Gasteiger partial charge on any atom is -0.388 e. The first-order valence-electron chi connectivity index (χ1n) is 6.26. The number of anilines is 1. The second-order valence-corrected chi connectivity index (χ2v) is 4.76. The smallest absolute Gasteiger partial charge is 0.122 e. The Morgan fingerprint density at radius 2 is 1.89 bits per heavy atom. The summed E-state index contributed by atoms with van der Waals surface area (Å²) in [5.74, 6) is 0. The molecule has 0 spiro atoms. The largest absolute Gasteiger partial charge is 0.388 e. The topological polar surface area (TPSA) is 50.9 Å². The molecule has 0 unspecified atom stereocenters. The zero-order valence-corrected chi connectivity index (χ0v) is 11.7. The van der Waals surface area contributed by atoms with Gasteiger partial charge in [0.05, 0.1) is 5.69 Å². The van der Waals surface area contributed by atoms with Crippen LogP contribution in [0.2, 0.25) is 0 Å². The van der Waals surface area contributed by atoms with Crippen LogP contribution in [0.25, 0.3) is 0 Å². The Kier molecular flexibility index (Phi) is 4.47. The van der Waals surface area contributed by atoms with Gasteiger partial charge in [0.15, 0.2) is 0 Å². The van der Waals surface area contributed by atoms with Crippen molar-refractivity contribution < 1.29 is 0 Å². The van der Waals surface area contributed by atoms with E-state index in [9.17, 15) is 0 Å². The van der Waals surface area contributed by atoms with Crippen LogP contribution in [0.15, 0.2) is 42.6 Å². The number of nitrogens with one attached hydrogen (secondary N) is 1. The van der Waals surface area contributed by atoms with E-state index in [0.29, 0.717) is 10.7 Å². The highest BCUT2D eigenvalue weighted by Gasteiger charge is 2.00. The molecule has 0 saturated carbocycles. The number of thiocarbonyl (C=S) groups is 1. The molecule has 0 saturated heterocycles. The Hall–Kier alpha value is -1.94. The molecule has 0 aliphatic carbocycles. The summed E-state index contributed by atoms with van der Waals surface area (Å²) in [4.78, 5) is 4.43. The van der Waals surface area contributed by atoms with Gasteiger partial charge in [-0.25, -0.2) is 0 Å². The number of hydrogen-bond acceptors (Lipinski definition) is 3. The van der Waals surface area contributed by atoms with Crippen molar-refractivity contribution >= 4 is 22.9 Å². The van der Waals surface area contributed by atoms with E-state index in [4.69, 9.17) is 18.0 Å². The van der Waals surface area contributed by atoms with Gasteiger partial charge in [-0.3, -0.25) is 4.98 Å². The molecule has 0 amide bonds. The maximum absolute atomic E-state index is 5.56. The summed E-state index contributed by atoms with van der Waals surface area (Å²) in [5, 5.41) is 3.34. The molecular formula is C15H17N3S. The van der Waals surface area contributed by atoms with Crippen LogP contribution >= 0.6 is 12.2 Å². The van der Waals surface area contributed by atoms with Gasteiger partial charge >= 0.3 is 0 Å². The number of aromatic nitrogens is 1. The summed E-state index contributed by atoms with van der Waals surface area (Å²) in [7, 11) is 0. The van der Waals surface area contributed by atoms with Crippen molar-refractivity contribution in [2.45, 2.75) is 19.9 Å². The number of nitrogens with two attached hydrogens (primary N) is 1. The van der Waals surface area contributed by atoms with Gasteiger partial charge in [-0.2, -0.15) is 0 Å². The molecule has 0 aliphatic rings. The fourth-order valence-corrected chi connectivity index (χ4v) is 1.88. The average molecular weight is 271 g/mol. The first kappa shape index (κ1) is 13.5. The number of benzene rings is 1. The second kappa shape index (κ2) is 6.29. The lowest BCUT2D eigenvalue weighted by molar-refractivity contribution is 1.10. The van der Waals surface area contributed by atoms with Gasteiger partial charge in [0.2, 0.25) is 0 Å². The number of aryl methyl sites for hydroxylation is 1. The van der Waals surface area contributed by atoms with Crippen molar-refractivity contribution in [3.8, 4) is 0 Å². The SMILES string of the molecule is CCc1ccc(CNc2ccnc(C(N)=S)c2)cc1. The molecule has 19 heavy (non-hydrogen) atoms. The fourth-order valence-electron chi connectivity index (χ4n) is 1.77. The van der Waals surface area contributed by atoms with Crippen LogP contribution in [0.4, 0.5) is 5.69 Å². The Bertz CT molecular complexity index is 564. The van der Waals surface area contributed by atoms with Crippen molar-refractivity contribution in [3.05, 3.63) is 59.4 Å². The molecule has 0 atom stereocenters. The van der Waals surface area contributed by atoms with Gasteiger partial charge in [-0.05, 0) is 29.7 Å². The first-order valence-corrected chi connectivity index (χ1v) is 6.67. The van der Waals surface area contributed by atoms with Gasteiger partial charge in [0.25, 0.3) is 0 Å². The first-order chi connectivity index (χ1) is 9.19. The quantitative estimate of drug-likeness (QED) is 0.821. The summed E-state index contributed by atoms with van der Waals surface area (Å²) in [6.07, 6.45) is 2.77. The van der Waals surface area contributed by atoms with Gasteiger partial charge in [-0.1, -0.05) is 43.4 Å². The lowest BCUT2D eigenvalue weighted by Gasteiger charge is -2.08. The maximum Gasteiger partial charge on any atom is 0.122 e. The van der Waals surface area contributed by atoms with Crippen LogP contribution in [0.3, 0.4) is 0 Å². The van der Waals surface area contributed by atoms with E-state index in [-0.39, 0.29) is 0 Å². The molecular weight excluding hydrogens is 254 g/mol. The zero-order chi connectivity index (χ0) is 13.7. The Balaban J connectivity index is 2.01. The summed E-state index contributed by atoms with van der Waals surface area (Å²) in [6, 6.07) is 12.4.